The molecular formula is C28H32N2O5. The Bertz CT molecular complexity index is 1110. The Morgan fingerprint density at radius 2 is 1.54 bits per heavy atom. The molecule has 0 radical (unpaired) electrons. The van der Waals surface area contributed by atoms with Crippen LogP contribution in [0.5, 0.6) is 0 Å². The summed E-state index contributed by atoms with van der Waals surface area (Å²) in [7, 11) is 0. The van der Waals surface area contributed by atoms with Crippen LogP contribution in [0.25, 0.3) is 11.1 Å². The molecule has 0 spiro atoms. The lowest BCUT2D eigenvalue weighted by atomic mass is 9.87. The molecule has 184 valence electrons. The summed E-state index contributed by atoms with van der Waals surface area (Å²) < 4.78 is 5.68. The van der Waals surface area contributed by atoms with Crippen molar-refractivity contribution < 1.29 is 24.2 Å². The predicted molar refractivity (Wildman–Crippen MR) is 131 cm³/mol. The van der Waals surface area contributed by atoms with Gasteiger partial charge in [0.1, 0.15) is 12.6 Å². The Morgan fingerprint density at radius 3 is 2.06 bits per heavy atom. The highest BCUT2D eigenvalue weighted by molar-refractivity contribution is 5.87. The average molecular weight is 477 g/mol. The number of rotatable bonds is 6. The van der Waals surface area contributed by atoms with Gasteiger partial charge in [-0.1, -0.05) is 69.3 Å². The van der Waals surface area contributed by atoms with Gasteiger partial charge in [0.25, 0.3) is 0 Å². The quantitative estimate of drug-likeness (QED) is 0.654. The number of fused-ring (bicyclic) bond motifs is 4. The number of alkyl carbamates (subject to hydrolysis) is 1. The van der Waals surface area contributed by atoms with Crippen molar-refractivity contribution in [3.8, 4) is 11.1 Å². The summed E-state index contributed by atoms with van der Waals surface area (Å²) in [6.45, 7) is 7.13. The molecule has 2 unspecified atom stereocenters. The largest absolute Gasteiger partial charge is 0.481 e. The topological polar surface area (TPSA) is 95.9 Å². The third-order valence-corrected chi connectivity index (χ3v) is 7.54. The molecular weight excluding hydrogens is 444 g/mol. The molecule has 7 nitrogen and oxygen atoms in total. The summed E-state index contributed by atoms with van der Waals surface area (Å²) in [5.74, 6) is -1.28. The van der Waals surface area contributed by atoms with Crippen LogP contribution in [0.4, 0.5) is 4.79 Å². The van der Waals surface area contributed by atoms with E-state index in [1.165, 1.54) is 0 Å². The molecule has 1 saturated heterocycles. The SMILES string of the molecule is CC(C)(C)CC(NC(=O)OCC1c2ccccc2-c2ccccc21)C(=O)N1C[C@@H]2C(C(=O)O)[C@@H]2C1. The second-order valence-corrected chi connectivity index (χ2v) is 11.2. The molecule has 4 atom stereocenters. The van der Waals surface area contributed by atoms with E-state index in [-0.39, 0.29) is 41.6 Å². The second kappa shape index (κ2) is 8.70. The zero-order chi connectivity index (χ0) is 24.9. The third kappa shape index (κ3) is 4.51. The van der Waals surface area contributed by atoms with Gasteiger partial charge < -0.3 is 20.1 Å². The highest BCUT2D eigenvalue weighted by Crippen LogP contribution is 2.52. The van der Waals surface area contributed by atoms with Crippen LogP contribution in [-0.2, 0) is 14.3 Å². The number of nitrogens with zero attached hydrogens (tertiary/aromatic N) is 1. The highest BCUT2D eigenvalue weighted by Gasteiger charge is 2.60. The number of hydrogen-bond donors (Lipinski definition) is 2. The van der Waals surface area contributed by atoms with Crippen LogP contribution in [0.1, 0.15) is 44.2 Å². The molecule has 5 rings (SSSR count). The minimum absolute atomic E-state index is 0.0289. The van der Waals surface area contributed by atoms with Gasteiger partial charge in [0.2, 0.25) is 5.91 Å². The first-order valence-electron chi connectivity index (χ1n) is 12.3. The van der Waals surface area contributed by atoms with Gasteiger partial charge in [-0.05, 0) is 45.9 Å². The normalized spacial score (nSPS) is 23.2. The Labute approximate surface area is 205 Å². The first-order chi connectivity index (χ1) is 16.6. The van der Waals surface area contributed by atoms with E-state index in [1.54, 1.807) is 4.90 Å². The van der Waals surface area contributed by atoms with Crippen LogP contribution in [0.15, 0.2) is 48.5 Å². The molecule has 1 heterocycles. The summed E-state index contributed by atoms with van der Waals surface area (Å²) >= 11 is 0. The van der Waals surface area contributed by atoms with Gasteiger partial charge in [-0.25, -0.2) is 4.79 Å². The fourth-order valence-electron chi connectivity index (χ4n) is 5.89. The zero-order valence-corrected chi connectivity index (χ0v) is 20.4. The smallest absolute Gasteiger partial charge is 0.407 e. The van der Waals surface area contributed by atoms with Gasteiger partial charge in [-0.2, -0.15) is 0 Å². The molecule has 35 heavy (non-hydrogen) atoms. The lowest BCUT2D eigenvalue weighted by Gasteiger charge is -2.30. The van der Waals surface area contributed by atoms with Crippen LogP contribution in [0.2, 0.25) is 0 Å². The van der Waals surface area contributed by atoms with Crippen LogP contribution in [-0.4, -0.2) is 53.7 Å². The molecule has 2 fully saturated rings. The second-order valence-electron chi connectivity index (χ2n) is 11.2. The molecule has 2 aliphatic carbocycles. The number of ether oxygens (including phenoxy) is 1. The maximum atomic E-state index is 13.3. The van der Waals surface area contributed by atoms with Crippen molar-refractivity contribution in [1.82, 2.24) is 10.2 Å². The van der Waals surface area contributed by atoms with Crippen molar-refractivity contribution in [2.45, 2.75) is 39.2 Å². The van der Waals surface area contributed by atoms with Gasteiger partial charge in [-0.3, -0.25) is 9.59 Å². The van der Waals surface area contributed by atoms with Crippen molar-refractivity contribution in [2.75, 3.05) is 19.7 Å². The summed E-state index contributed by atoms with van der Waals surface area (Å²) in [6.07, 6.45) is -0.147. The van der Waals surface area contributed by atoms with E-state index < -0.39 is 18.1 Å². The Morgan fingerprint density at radius 1 is 1.00 bits per heavy atom. The number of carboxylic acids is 1. The molecule has 3 aliphatic rings. The lowest BCUT2D eigenvalue weighted by molar-refractivity contribution is -0.141. The van der Waals surface area contributed by atoms with Crippen LogP contribution < -0.4 is 5.32 Å². The number of nitrogens with one attached hydrogen (secondary N) is 1. The number of benzene rings is 2. The molecule has 0 bridgehead atoms. The van der Waals surface area contributed by atoms with Gasteiger partial charge >= 0.3 is 12.1 Å². The fourth-order valence-corrected chi connectivity index (χ4v) is 5.89. The van der Waals surface area contributed by atoms with Crippen LogP contribution >= 0.6 is 0 Å². The first-order valence-corrected chi connectivity index (χ1v) is 12.3. The van der Waals surface area contributed by atoms with Gasteiger partial charge in [0.05, 0.1) is 5.92 Å². The summed E-state index contributed by atoms with van der Waals surface area (Å²) in [4.78, 5) is 39.1. The number of piperidine rings is 1. The van der Waals surface area contributed by atoms with Crippen LogP contribution in [0.3, 0.4) is 0 Å². The minimum atomic E-state index is -0.782. The van der Waals surface area contributed by atoms with E-state index in [9.17, 15) is 19.5 Å². The van der Waals surface area contributed by atoms with Crippen molar-refractivity contribution in [2.24, 2.45) is 23.2 Å². The Balaban J connectivity index is 1.24. The monoisotopic (exact) mass is 476 g/mol. The number of hydrogen-bond acceptors (Lipinski definition) is 4. The third-order valence-electron chi connectivity index (χ3n) is 7.54. The van der Waals surface area contributed by atoms with E-state index in [0.29, 0.717) is 19.5 Å². The Hall–Kier alpha value is -3.35. The van der Waals surface area contributed by atoms with E-state index in [1.807, 2.05) is 45.0 Å². The van der Waals surface area contributed by atoms with E-state index in [4.69, 9.17) is 4.74 Å². The van der Waals surface area contributed by atoms with Crippen molar-refractivity contribution in [1.29, 1.82) is 0 Å². The molecule has 1 saturated carbocycles. The van der Waals surface area contributed by atoms with Gasteiger partial charge in [-0.15, -0.1) is 0 Å². The lowest BCUT2D eigenvalue weighted by Crippen LogP contribution is -2.50. The molecule has 0 aromatic heterocycles. The summed E-state index contributed by atoms with van der Waals surface area (Å²) in [5.41, 5.74) is 4.39. The summed E-state index contributed by atoms with van der Waals surface area (Å²) in [6, 6.07) is 15.6. The number of carboxylic acid groups (broad SMARTS) is 1. The Kier molecular flexibility index (Phi) is 5.82. The summed E-state index contributed by atoms with van der Waals surface area (Å²) in [5, 5.41) is 12.1. The van der Waals surface area contributed by atoms with E-state index >= 15 is 0 Å². The number of carbonyl (C=O) groups is 3. The van der Waals surface area contributed by atoms with Crippen molar-refractivity contribution in [3.63, 3.8) is 0 Å². The number of aliphatic carboxylic acids is 1. The number of amides is 2. The molecule has 7 heteroatoms. The molecule has 1 aliphatic heterocycles. The van der Waals surface area contributed by atoms with E-state index in [0.717, 1.165) is 22.3 Å². The van der Waals surface area contributed by atoms with E-state index in [2.05, 4.69) is 29.6 Å². The molecule has 2 amide bonds. The molecule has 2 aromatic rings. The average Bonchev–Trinajstić information content (AvgIpc) is 3.17. The van der Waals surface area contributed by atoms with Crippen LogP contribution in [0, 0.1) is 23.2 Å². The molecule has 2 N–H and O–H groups in total. The fraction of sp³-hybridized carbons (Fsp3) is 0.464. The zero-order valence-electron chi connectivity index (χ0n) is 20.4. The maximum Gasteiger partial charge on any atom is 0.407 e. The van der Waals surface area contributed by atoms with Gasteiger partial charge in [0.15, 0.2) is 0 Å². The van der Waals surface area contributed by atoms with Crippen molar-refractivity contribution in [3.05, 3.63) is 59.7 Å². The number of likely N-dealkylation sites (tertiary alicyclic amines) is 1. The minimum Gasteiger partial charge on any atom is -0.481 e. The first kappa shape index (κ1) is 23.4. The standard InChI is InChI=1S/C28H32N2O5/c1-28(2,3)12-23(25(31)30-13-20-21(14-30)24(20)26(32)33)29-27(34)35-15-22-18-10-6-4-8-16(18)17-9-5-7-11-19(17)22/h4-11,20-24H,12-15H2,1-3H3,(H,29,34)(H,32,33)/t20-,21+,23?,24?. The highest BCUT2D eigenvalue weighted by atomic mass is 16.5. The molecule has 2 aromatic carbocycles. The maximum absolute atomic E-state index is 13.3. The van der Waals surface area contributed by atoms with Gasteiger partial charge in [0, 0.05) is 19.0 Å². The number of carbonyl (C=O) groups excluding carboxylic acids is 2. The predicted octanol–water partition coefficient (Wildman–Crippen LogP) is 4.12. The van der Waals surface area contributed by atoms with Crippen molar-refractivity contribution >= 4 is 18.0 Å².